The minimum Gasteiger partial charge on any atom is -0.370 e. The third-order valence-electron chi connectivity index (χ3n) is 4.21. The fourth-order valence-electron chi connectivity index (χ4n) is 2.56. The molecule has 2 rings (SSSR count). The van der Waals surface area contributed by atoms with Crippen LogP contribution in [0, 0.1) is 0 Å². The minimum atomic E-state index is -5.50. The van der Waals surface area contributed by atoms with Gasteiger partial charge in [0.2, 0.25) is 5.91 Å². The molecule has 0 bridgehead atoms. The van der Waals surface area contributed by atoms with Crippen molar-refractivity contribution in [1.82, 2.24) is 5.32 Å². The fourth-order valence-corrected chi connectivity index (χ4v) is 3.14. The molecule has 240 valence electrons. The molecule has 1 amide bonds. The van der Waals surface area contributed by atoms with E-state index in [4.69, 9.17) is 0 Å². The van der Waals surface area contributed by atoms with Crippen molar-refractivity contribution in [3.8, 4) is 0 Å². The standard InChI is InChI=1S/C19H24FN4O4P.2C2H4F2.CF4/c1-2-24(13-12-21-19(25)10-11-20)17-8-6-15(7-9-17)22-23-16-4-3-5-18(14-16)29(26,27)28;2*3-1-2-4;2-1(3,4)5/h3-9,14H,2,10-13H2,1H3,(H,21,25)(H2,26,27,28);2*1-2H2;. The number of nitrogens with one attached hydrogen (secondary N) is 1. The average Bonchev–Trinajstić information content (AvgIpc) is 2.94. The van der Waals surface area contributed by atoms with Crippen LogP contribution in [0.25, 0.3) is 0 Å². The summed E-state index contributed by atoms with van der Waals surface area (Å²) in [6.07, 6.45) is -5.62. The number of nitrogens with zero attached hydrogens (tertiary/aromatic N) is 3. The Morgan fingerprint density at radius 2 is 1.36 bits per heavy atom. The quantitative estimate of drug-likeness (QED) is 0.138. The first-order valence-electron chi connectivity index (χ1n) is 11.9. The number of carbonyl (C=O) groups excluding carboxylic acids is 1. The van der Waals surface area contributed by atoms with Crippen LogP contribution in [0.4, 0.5) is 56.6 Å². The molecule has 0 spiro atoms. The lowest BCUT2D eigenvalue weighted by Gasteiger charge is -2.23. The molecule has 0 saturated carbocycles. The summed E-state index contributed by atoms with van der Waals surface area (Å²) in [5.41, 5.74) is 1.87. The van der Waals surface area contributed by atoms with E-state index in [0.717, 1.165) is 12.2 Å². The number of alkyl halides is 9. The third kappa shape index (κ3) is 23.5. The Morgan fingerprint density at radius 3 is 1.79 bits per heavy atom. The molecule has 3 N–H and O–H groups in total. The molecule has 8 nitrogen and oxygen atoms in total. The third-order valence-corrected chi connectivity index (χ3v) is 5.16. The lowest BCUT2D eigenvalue weighted by Crippen LogP contribution is -2.35. The lowest BCUT2D eigenvalue weighted by atomic mass is 10.2. The predicted molar refractivity (Wildman–Crippen MR) is 141 cm³/mol. The number of benzene rings is 2. The number of azo groups is 1. The van der Waals surface area contributed by atoms with E-state index in [-0.39, 0.29) is 17.6 Å². The second kappa shape index (κ2) is 23.4. The first-order chi connectivity index (χ1) is 19.7. The Balaban J connectivity index is 0. The highest BCUT2D eigenvalue weighted by Crippen LogP contribution is 2.34. The predicted octanol–water partition coefficient (Wildman–Crippen LogP) is 6.53. The summed E-state index contributed by atoms with van der Waals surface area (Å²) >= 11 is 0. The molecule has 0 atom stereocenters. The Bertz CT molecular complexity index is 1040. The van der Waals surface area contributed by atoms with Crippen molar-refractivity contribution >= 4 is 35.9 Å². The van der Waals surface area contributed by atoms with Crippen molar-refractivity contribution in [3.63, 3.8) is 0 Å². The molecule has 0 radical (unpaired) electrons. The molecule has 18 heteroatoms. The zero-order valence-electron chi connectivity index (χ0n) is 22.4. The molecule has 2 aromatic carbocycles. The van der Waals surface area contributed by atoms with Gasteiger partial charge in [0.15, 0.2) is 0 Å². The van der Waals surface area contributed by atoms with Crippen LogP contribution < -0.4 is 15.5 Å². The monoisotopic (exact) mass is 642 g/mol. The summed E-state index contributed by atoms with van der Waals surface area (Å²) in [4.78, 5) is 31.8. The Morgan fingerprint density at radius 1 is 0.857 bits per heavy atom. The number of rotatable bonds is 12. The lowest BCUT2D eigenvalue weighted by molar-refractivity contribution is -0.237. The summed E-state index contributed by atoms with van der Waals surface area (Å²) in [5.74, 6) is -0.304. The van der Waals surface area contributed by atoms with Crippen LogP contribution in [-0.2, 0) is 9.36 Å². The molecule has 2 aromatic rings. The molecule has 0 aliphatic heterocycles. The number of carbonyl (C=O) groups is 1. The van der Waals surface area contributed by atoms with Crippen molar-refractivity contribution in [2.75, 3.05) is 57.9 Å². The SMILES string of the molecule is CCN(CCNC(=O)CCF)c1ccc(N=Nc2cccc(P(=O)(O)O)c2)cc1.FC(F)(F)F.FCCF.FCCF. The summed E-state index contributed by atoms with van der Waals surface area (Å²) in [7, 11) is -4.33. The summed E-state index contributed by atoms with van der Waals surface area (Å²) in [6.45, 7) is -0.322. The van der Waals surface area contributed by atoms with Gasteiger partial charge in [-0.2, -0.15) is 10.2 Å². The molecule has 42 heavy (non-hydrogen) atoms. The van der Waals surface area contributed by atoms with Crippen molar-refractivity contribution < 1.29 is 58.7 Å². The van der Waals surface area contributed by atoms with Gasteiger partial charge in [-0.05, 0) is 49.4 Å². The topological polar surface area (TPSA) is 115 Å². The number of amides is 1. The maximum atomic E-state index is 12.1. The van der Waals surface area contributed by atoms with E-state index in [0.29, 0.717) is 24.5 Å². The van der Waals surface area contributed by atoms with Crippen LogP contribution in [0.15, 0.2) is 58.8 Å². The molecule has 0 aliphatic rings. The van der Waals surface area contributed by atoms with Gasteiger partial charge in [0.1, 0.15) is 26.7 Å². The average molecular weight is 642 g/mol. The van der Waals surface area contributed by atoms with Gasteiger partial charge in [-0.1, -0.05) is 6.07 Å². The van der Waals surface area contributed by atoms with Gasteiger partial charge in [0.25, 0.3) is 0 Å². The second-order valence-electron chi connectivity index (χ2n) is 7.33. The number of hydrogen-bond acceptors (Lipinski definition) is 5. The molecule has 0 fully saturated rings. The van der Waals surface area contributed by atoms with Gasteiger partial charge in [-0.15, -0.1) is 17.6 Å². The summed E-state index contributed by atoms with van der Waals surface area (Å²) in [6, 6.07) is 13.0. The molecule has 0 saturated heterocycles. The maximum Gasteiger partial charge on any atom is 0.559 e. The first kappa shape index (κ1) is 41.0. The van der Waals surface area contributed by atoms with Gasteiger partial charge in [0.05, 0.1) is 29.8 Å². The second-order valence-corrected chi connectivity index (χ2v) is 8.94. The maximum absolute atomic E-state index is 12.1. The zero-order valence-corrected chi connectivity index (χ0v) is 23.3. The summed E-state index contributed by atoms with van der Waals surface area (Å²) < 4.78 is 104. The first-order valence-corrected chi connectivity index (χ1v) is 13.5. The normalized spacial score (nSPS) is 10.9. The Hall–Kier alpha value is -3.17. The molecule has 0 unspecified atom stereocenters. The van der Waals surface area contributed by atoms with Crippen molar-refractivity contribution in [1.29, 1.82) is 0 Å². The van der Waals surface area contributed by atoms with E-state index in [1.54, 1.807) is 18.2 Å². The van der Waals surface area contributed by atoms with Gasteiger partial charge >= 0.3 is 14.0 Å². The van der Waals surface area contributed by atoms with Crippen LogP contribution in [0.1, 0.15) is 13.3 Å². The number of likely N-dealkylation sites (N-methyl/N-ethyl adjacent to an activating group) is 1. The van der Waals surface area contributed by atoms with Gasteiger partial charge < -0.3 is 20.0 Å². The van der Waals surface area contributed by atoms with Crippen LogP contribution in [0.5, 0.6) is 0 Å². The van der Waals surface area contributed by atoms with Crippen LogP contribution in [0.2, 0.25) is 0 Å². The van der Waals surface area contributed by atoms with Crippen LogP contribution in [0.3, 0.4) is 0 Å². The van der Waals surface area contributed by atoms with E-state index < -0.39 is 47.4 Å². The summed E-state index contributed by atoms with van der Waals surface area (Å²) in [5, 5.41) is 10.7. The van der Waals surface area contributed by atoms with E-state index >= 15 is 0 Å². The molecular weight excluding hydrogens is 610 g/mol. The van der Waals surface area contributed by atoms with Crippen molar-refractivity contribution in [2.45, 2.75) is 19.8 Å². The Kier molecular flexibility index (Phi) is 22.8. The van der Waals surface area contributed by atoms with Gasteiger partial charge in [0, 0.05) is 25.3 Å². The highest BCUT2D eigenvalue weighted by Gasteiger charge is 2.24. The number of halogens is 9. The largest absolute Gasteiger partial charge is 0.559 e. The minimum absolute atomic E-state index is 0.110. The smallest absolute Gasteiger partial charge is 0.370 e. The van der Waals surface area contributed by atoms with Gasteiger partial charge in [-0.25, -0.2) is 17.6 Å². The highest BCUT2D eigenvalue weighted by atomic mass is 31.2. The zero-order chi connectivity index (χ0) is 32.6. The molecular formula is C24H32F9N4O4P. The van der Waals surface area contributed by atoms with Crippen LogP contribution >= 0.6 is 7.60 Å². The molecule has 0 aliphatic carbocycles. The van der Waals surface area contributed by atoms with E-state index in [1.165, 1.54) is 18.2 Å². The Labute approximate surface area is 236 Å². The van der Waals surface area contributed by atoms with Crippen molar-refractivity contribution in [3.05, 3.63) is 48.5 Å². The van der Waals surface area contributed by atoms with Gasteiger partial charge in [-0.3, -0.25) is 13.8 Å². The number of hydrogen-bond donors (Lipinski definition) is 3. The van der Waals surface area contributed by atoms with E-state index in [9.17, 15) is 58.7 Å². The van der Waals surface area contributed by atoms with Crippen LogP contribution in [-0.4, -0.2) is 75.1 Å². The highest BCUT2D eigenvalue weighted by molar-refractivity contribution is 7.60. The molecule has 0 heterocycles. The molecule has 0 aromatic heterocycles. The van der Waals surface area contributed by atoms with E-state index in [1.807, 2.05) is 19.1 Å². The van der Waals surface area contributed by atoms with Crippen molar-refractivity contribution in [2.24, 2.45) is 10.2 Å². The van der Waals surface area contributed by atoms with E-state index in [2.05, 4.69) is 20.4 Å². The fraction of sp³-hybridized carbons (Fsp3) is 0.458. The number of anilines is 1.